The molecule has 3 aromatic rings. The fraction of sp³-hybridized carbons (Fsp3) is 0.478. The second kappa shape index (κ2) is 10.2. The van der Waals surface area contributed by atoms with Gasteiger partial charge < -0.3 is 19.7 Å². The summed E-state index contributed by atoms with van der Waals surface area (Å²) in [6.45, 7) is 6.31. The highest BCUT2D eigenvalue weighted by molar-refractivity contribution is 5.68. The number of nitrogens with one attached hydrogen (secondary N) is 1. The molecule has 0 aromatic carbocycles. The highest BCUT2D eigenvalue weighted by Gasteiger charge is 2.30. The lowest BCUT2D eigenvalue weighted by molar-refractivity contribution is 0.0490. The number of nitrogens with zero attached hydrogens (tertiary/aromatic N) is 7. The fourth-order valence-electron chi connectivity index (χ4n) is 3.75. The number of alkyl halides is 1. The number of hydrogen-bond acceptors (Lipinski definition) is 9. The number of rotatable bonds is 6. The molecule has 1 N–H and O–H groups in total. The van der Waals surface area contributed by atoms with Crippen molar-refractivity contribution in [3.8, 4) is 17.0 Å². The van der Waals surface area contributed by atoms with E-state index in [0.29, 0.717) is 36.0 Å². The van der Waals surface area contributed by atoms with Crippen LogP contribution in [0.25, 0.3) is 11.3 Å². The predicted molar refractivity (Wildman–Crippen MR) is 126 cm³/mol. The van der Waals surface area contributed by atoms with Crippen LogP contribution < -0.4 is 15.0 Å². The highest BCUT2D eigenvalue weighted by atomic mass is 19.1. The zero-order valence-corrected chi connectivity index (χ0v) is 20.2. The van der Waals surface area contributed by atoms with Gasteiger partial charge >= 0.3 is 6.09 Å². The summed E-state index contributed by atoms with van der Waals surface area (Å²) in [6.07, 6.45) is 3.65. The molecular formula is C23H29FN8O3. The number of ether oxygens (including phenoxy) is 2. The smallest absolute Gasteiger partial charge is 0.407 e. The average molecular weight is 485 g/mol. The minimum Gasteiger partial charge on any atom is -0.495 e. The molecule has 0 bridgehead atoms. The Bertz CT molecular complexity index is 1150. The number of aromatic nitrogens is 6. The summed E-state index contributed by atoms with van der Waals surface area (Å²) in [7, 11) is 1.58. The van der Waals surface area contributed by atoms with Crippen LogP contribution >= 0.6 is 0 Å². The molecule has 1 aliphatic heterocycles. The summed E-state index contributed by atoms with van der Waals surface area (Å²) in [5.41, 5.74) is 1.50. The van der Waals surface area contributed by atoms with Gasteiger partial charge in [0.05, 0.1) is 44.3 Å². The van der Waals surface area contributed by atoms with Crippen LogP contribution in [0.4, 0.5) is 15.0 Å². The van der Waals surface area contributed by atoms with Crippen molar-refractivity contribution in [2.75, 3.05) is 25.1 Å². The number of amides is 1. The maximum absolute atomic E-state index is 14.4. The van der Waals surface area contributed by atoms with E-state index in [-0.39, 0.29) is 13.0 Å². The zero-order valence-electron chi connectivity index (χ0n) is 20.2. The largest absolute Gasteiger partial charge is 0.495 e. The van der Waals surface area contributed by atoms with Crippen molar-refractivity contribution >= 4 is 11.9 Å². The monoisotopic (exact) mass is 484 g/mol. The van der Waals surface area contributed by atoms with E-state index in [1.165, 1.54) is 0 Å². The van der Waals surface area contributed by atoms with Gasteiger partial charge in [-0.25, -0.2) is 13.9 Å². The van der Waals surface area contributed by atoms with E-state index in [9.17, 15) is 9.18 Å². The van der Waals surface area contributed by atoms with E-state index in [1.807, 2.05) is 12.1 Å². The predicted octanol–water partition coefficient (Wildman–Crippen LogP) is 2.63. The van der Waals surface area contributed by atoms with Crippen LogP contribution in [0.15, 0.2) is 36.8 Å². The third kappa shape index (κ3) is 6.61. The summed E-state index contributed by atoms with van der Waals surface area (Å²) in [5.74, 6) is 1.17. The molecule has 11 nitrogen and oxygen atoms in total. The molecule has 2 atom stereocenters. The van der Waals surface area contributed by atoms with E-state index in [2.05, 4.69) is 30.8 Å². The molecule has 1 saturated heterocycles. The molecular weight excluding hydrogens is 455 g/mol. The molecule has 4 heterocycles. The van der Waals surface area contributed by atoms with Crippen molar-refractivity contribution in [2.45, 2.75) is 51.6 Å². The Morgan fingerprint density at radius 2 is 2.03 bits per heavy atom. The van der Waals surface area contributed by atoms with Crippen molar-refractivity contribution in [2.24, 2.45) is 0 Å². The molecule has 0 saturated carbocycles. The first kappa shape index (κ1) is 24.3. The van der Waals surface area contributed by atoms with Gasteiger partial charge in [0.15, 0.2) is 5.82 Å². The van der Waals surface area contributed by atoms with Gasteiger partial charge in [-0.15, -0.1) is 10.2 Å². The van der Waals surface area contributed by atoms with Crippen LogP contribution in [0, 0.1) is 0 Å². The first-order valence-corrected chi connectivity index (χ1v) is 11.3. The van der Waals surface area contributed by atoms with E-state index >= 15 is 0 Å². The van der Waals surface area contributed by atoms with Gasteiger partial charge in [-0.3, -0.25) is 4.98 Å². The molecule has 1 amide bonds. The van der Waals surface area contributed by atoms with Gasteiger partial charge in [-0.2, -0.15) is 5.10 Å². The number of pyridine rings is 1. The Morgan fingerprint density at radius 1 is 1.20 bits per heavy atom. The molecule has 1 fully saturated rings. The molecule has 0 radical (unpaired) electrons. The number of alkyl carbamates (subject to hydrolysis) is 1. The lowest BCUT2D eigenvalue weighted by Gasteiger charge is -2.35. The van der Waals surface area contributed by atoms with Gasteiger partial charge in [0.1, 0.15) is 23.2 Å². The molecule has 12 heteroatoms. The molecule has 4 rings (SSSR count). The standard InChI is InChI=1S/C23H29FN8O3/c1-23(2,3)35-22(33)26-18-8-16(24)11-31(12-18)21-6-5-17(27-29-21)13-32-14-20(28-30-32)15-7-19(34-4)10-25-9-15/h5-7,9-10,14,16,18H,8,11-13H2,1-4H3,(H,26,33)/t16-,18+/m0/s1. The van der Waals surface area contributed by atoms with Gasteiger partial charge in [0.25, 0.3) is 0 Å². The Hall–Kier alpha value is -3.83. The maximum atomic E-state index is 14.4. The van der Waals surface area contributed by atoms with Crippen LogP contribution in [-0.4, -0.2) is 74.3 Å². The fourth-order valence-corrected chi connectivity index (χ4v) is 3.75. The van der Waals surface area contributed by atoms with Crippen molar-refractivity contribution < 1.29 is 18.7 Å². The quantitative estimate of drug-likeness (QED) is 0.563. The second-order valence-corrected chi connectivity index (χ2v) is 9.38. The number of piperidine rings is 1. The summed E-state index contributed by atoms with van der Waals surface area (Å²) in [5, 5.41) is 19.6. The van der Waals surface area contributed by atoms with Crippen LogP contribution in [0.2, 0.25) is 0 Å². The van der Waals surface area contributed by atoms with Crippen LogP contribution in [0.3, 0.4) is 0 Å². The number of carbonyl (C=O) groups is 1. The summed E-state index contributed by atoms with van der Waals surface area (Å²) in [6, 6.07) is 5.04. The molecule has 1 aliphatic rings. The highest BCUT2D eigenvalue weighted by Crippen LogP contribution is 2.22. The third-order valence-electron chi connectivity index (χ3n) is 5.26. The van der Waals surface area contributed by atoms with Gasteiger partial charge in [-0.05, 0) is 39.0 Å². The van der Waals surface area contributed by atoms with Crippen molar-refractivity contribution in [3.63, 3.8) is 0 Å². The Kier molecular flexibility index (Phi) is 7.08. The summed E-state index contributed by atoms with van der Waals surface area (Å²) in [4.78, 5) is 18.0. The van der Waals surface area contributed by atoms with Crippen molar-refractivity contribution in [3.05, 3.63) is 42.5 Å². The first-order valence-electron chi connectivity index (χ1n) is 11.3. The molecule has 0 aliphatic carbocycles. The first-order chi connectivity index (χ1) is 16.7. The topological polar surface area (TPSA) is 120 Å². The minimum atomic E-state index is -1.11. The minimum absolute atomic E-state index is 0.182. The molecule has 35 heavy (non-hydrogen) atoms. The van der Waals surface area contributed by atoms with Crippen LogP contribution in [-0.2, 0) is 11.3 Å². The molecule has 0 unspecified atom stereocenters. The molecule has 0 spiro atoms. The second-order valence-electron chi connectivity index (χ2n) is 9.38. The van der Waals surface area contributed by atoms with E-state index in [1.54, 1.807) is 62.1 Å². The maximum Gasteiger partial charge on any atom is 0.407 e. The number of methoxy groups -OCH3 is 1. The number of halogens is 1. The van der Waals surface area contributed by atoms with Crippen molar-refractivity contribution in [1.29, 1.82) is 0 Å². The lowest BCUT2D eigenvalue weighted by Crippen LogP contribution is -2.52. The summed E-state index contributed by atoms with van der Waals surface area (Å²) >= 11 is 0. The van der Waals surface area contributed by atoms with Crippen LogP contribution in [0.1, 0.15) is 32.9 Å². The normalized spacial score (nSPS) is 18.3. The van der Waals surface area contributed by atoms with Crippen molar-refractivity contribution in [1.82, 2.24) is 35.5 Å². The number of carbonyl (C=O) groups excluding carboxylic acids is 1. The molecule has 186 valence electrons. The van der Waals surface area contributed by atoms with Gasteiger partial charge in [-0.1, -0.05) is 5.21 Å². The Labute approximate surface area is 202 Å². The summed E-state index contributed by atoms with van der Waals surface area (Å²) < 4.78 is 26.5. The van der Waals surface area contributed by atoms with Crippen LogP contribution in [0.5, 0.6) is 5.75 Å². The number of anilines is 1. The van der Waals surface area contributed by atoms with E-state index in [0.717, 1.165) is 5.56 Å². The van der Waals surface area contributed by atoms with E-state index in [4.69, 9.17) is 9.47 Å². The van der Waals surface area contributed by atoms with E-state index < -0.39 is 23.9 Å². The number of hydrogen-bond donors (Lipinski definition) is 1. The molecule has 3 aromatic heterocycles. The average Bonchev–Trinajstić information content (AvgIpc) is 3.26. The Balaban J connectivity index is 1.38. The SMILES string of the molecule is COc1cncc(-c2cn(Cc3ccc(N4C[C@@H](F)C[C@@H](NC(=O)OC(C)(C)C)C4)nn3)nn2)c1. The zero-order chi connectivity index (χ0) is 25.0. The van der Waals surface area contributed by atoms with Gasteiger partial charge in [0, 0.05) is 24.7 Å². The Morgan fingerprint density at radius 3 is 2.74 bits per heavy atom. The van der Waals surface area contributed by atoms with Gasteiger partial charge in [0.2, 0.25) is 0 Å². The lowest BCUT2D eigenvalue weighted by atomic mass is 10.0. The third-order valence-corrected chi connectivity index (χ3v) is 5.26.